The number of alkyl carbamates (subject to hydrolysis) is 1. The third kappa shape index (κ3) is 17.5. The second-order valence-corrected chi connectivity index (χ2v) is 11.4. The van der Waals surface area contributed by atoms with Gasteiger partial charge in [0.25, 0.3) is 0 Å². The molecule has 0 aromatic rings. The summed E-state index contributed by atoms with van der Waals surface area (Å²) in [5.74, 6) is -1.32. The van der Waals surface area contributed by atoms with Gasteiger partial charge in [0.1, 0.15) is 11.6 Å². The summed E-state index contributed by atoms with van der Waals surface area (Å²) in [6.07, 6.45) is 0.768. The molecule has 0 aliphatic carbocycles. The highest BCUT2D eigenvalue weighted by Gasteiger charge is 2.31. The van der Waals surface area contributed by atoms with Crippen molar-refractivity contribution in [2.24, 2.45) is 5.73 Å². The number of primary amides is 1. The first-order valence-corrected chi connectivity index (χ1v) is 14.7. The molecule has 15 heteroatoms. The van der Waals surface area contributed by atoms with E-state index in [9.17, 15) is 24.0 Å². The summed E-state index contributed by atoms with van der Waals surface area (Å²) in [7, 11) is 0. The van der Waals surface area contributed by atoms with Gasteiger partial charge in [0.15, 0.2) is 0 Å². The maximum atomic E-state index is 13.3. The molecule has 5 amide bonds. The molecule has 6 N–H and O–H groups in total. The lowest BCUT2D eigenvalue weighted by Crippen LogP contribution is -2.56. The number of carbonyl (C=O) groups is 5. The molecule has 0 saturated carbocycles. The van der Waals surface area contributed by atoms with Gasteiger partial charge in [-0.05, 0) is 53.9 Å². The van der Waals surface area contributed by atoms with Crippen molar-refractivity contribution in [1.29, 1.82) is 0 Å². The number of rotatable bonds is 18. The van der Waals surface area contributed by atoms with Gasteiger partial charge in [-0.3, -0.25) is 24.1 Å². The lowest BCUT2D eigenvalue weighted by Gasteiger charge is -2.31. The molecule has 12 nitrogen and oxygen atoms in total. The van der Waals surface area contributed by atoms with Crippen molar-refractivity contribution in [3.05, 3.63) is 0 Å². The maximum absolute atomic E-state index is 13.3. The molecule has 0 aromatic heterocycles. The summed E-state index contributed by atoms with van der Waals surface area (Å²) >= 11 is 12.4. The molecule has 0 aliphatic rings. The Bertz CT molecular complexity index is 814. The molecule has 39 heavy (non-hydrogen) atoms. The molecule has 0 rings (SSSR count). The molecule has 4 unspecified atom stereocenters. The smallest absolute Gasteiger partial charge is 0.407 e. The quantitative estimate of drug-likeness (QED) is 0.0804. The standard InChI is InChI=1S/C24H46N6O6S3/c1-15(12-37)27-19(31)10-30(11-20(32)29-17(14-39)21(25)33)18(22(34)28-16(2)13-38)8-6-7-9-26-23(35)36-24(3,4)5/h15-18,37-39H,6-14H2,1-5H3,(H2,25,33)(H,26,35)(H,27,31)(H,28,34)(H,29,32). The minimum Gasteiger partial charge on any atom is -0.444 e. The van der Waals surface area contributed by atoms with Crippen molar-refractivity contribution < 1.29 is 28.7 Å². The van der Waals surface area contributed by atoms with E-state index in [4.69, 9.17) is 10.5 Å². The van der Waals surface area contributed by atoms with E-state index in [0.717, 1.165) is 0 Å². The predicted octanol–water partition coefficient (Wildman–Crippen LogP) is 0.121. The van der Waals surface area contributed by atoms with Crippen molar-refractivity contribution in [2.45, 2.75) is 83.6 Å². The van der Waals surface area contributed by atoms with Crippen LogP contribution in [0.1, 0.15) is 53.9 Å². The first-order chi connectivity index (χ1) is 18.1. The van der Waals surface area contributed by atoms with E-state index in [1.54, 1.807) is 34.6 Å². The Hall–Kier alpha value is -1.84. The fraction of sp³-hybridized carbons (Fsp3) is 0.792. The topological polar surface area (TPSA) is 172 Å². The molecular formula is C24H46N6O6S3. The van der Waals surface area contributed by atoms with Crippen molar-refractivity contribution >= 4 is 67.6 Å². The van der Waals surface area contributed by atoms with Crippen LogP contribution < -0.4 is 27.0 Å². The van der Waals surface area contributed by atoms with E-state index < -0.39 is 41.5 Å². The third-order valence-electron chi connectivity index (χ3n) is 5.21. The molecular weight excluding hydrogens is 565 g/mol. The Morgan fingerprint density at radius 2 is 1.38 bits per heavy atom. The molecule has 226 valence electrons. The van der Waals surface area contributed by atoms with Gasteiger partial charge in [0, 0.05) is 35.9 Å². The van der Waals surface area contributed by atoms with Crippen LogP contribution in [0.25, 0.3) is 0 Å². The van der Waals surface area contributed by atoms with Crippen LogP contribution in [0.2, 0.25) is 0 Å². The van der Waals surface area contributed by atoms with Crippen LogP contribution in [-0.4, -0.2) is 101 Å². The number of ether oxygens (including phenoxy) is 1. The summed E-state index contributed by atoms with van der Waals surface area (Å²) in [5, 5.41) is 10.8. The first-order valence-electron chi connectivity index (χ1n) is 12.8. The Morgan fingerprint density at radius 1 is 0.846 bits per heavy atom. The van der Waals surface area contributed by atoms with Gasteiger partial charge in [-0.1, -0.05) is 0 Å². The number of unbranched alkanes of at least 4 members (excludes halogenated alkanes) is 1. The Balaban J connectivity index is 5.67. The van der Waals surface area contributed by atoms with Gasteiger partial charge >= 0.3 is 6.09 Å². The van der Waals surface area contributed by atoms with E-state index in [-0.39, 0.29) is 43.3 Å². The van der Waals surface area contributed by atoms with E-state index in [1.165, 1.54) is 4.90 Å². The average molecular weight is 611 g/mol. The number of carbonyl (C=O) groups excluding carboxylic acids is 5. The van der Waals surface area contributed by atoms with Gasteiger partial charge in [-0.2, -0.15) is 37.9 Å². The lowest BCUT2D eigenvalue weighted by molar-refractivity contribution is -0.133. The number of thiol groups is 3. The van der Waals surface area contributed by atoms with Gasteiger partial charge in [0.05, 0.1) is 19.1 Å². The molecule has 0 radical (unpaired) electrons. The summed E-state index contributed by atoms with van der Waals surface area (Å²) in [4.78, 5) is 63.8. The Morgan fingerprint density at radius 3 is 1.87 bits per heavy atom. The second kappa shape index (κ2) is 19.3. The van der Waals surface area contributed by atoms with E-state index in [1.807, 2.05) is 0 Å². The highest BCUT2D eigenvalue weighted by atomic mass is 32.1. The fourth-order valence-corrected chi connectivity index (χ4v) is 3.74. The summed E-state index contributed by atoms with van der Waals surface area (Å²) in [5.41, 5.74) is 4.69. The van der Waals surface area contributed by atoms with Crippen LogP contribution >= 0.6 is 37.9 Å². The monoisotopic (exact) mass is 610 g/mol. The maximum Gasteiger partial charge on any atom is 0.407 e. The highest BCUT2D eigenvalue weighted by molar-refractivity contribution is 7.80. The zero-order valence-electron chi connectivity index (χ0n) is 23.5. The summed E-state index contributed by atoms with van der Waals surface area (Å²) in [6.45, 7) is 8.58. The van der Waals surface area contributed by atoms with E-state index >= 15 is 0 Å². The SMILES string of the molecule is CC(CS)NC(=O)CN(CC(=O)NC(CS)C(N)=O)C(CCCCNC(=O)OC(C)(C)C)C(=O)NC(C)CS. The fourth-order valence-electron chi connectivity index (χ4n) is 3.29. The first kappa shape index (κ1) is 37.2. The predicted molar refractivity (Wildman–Crippen MR) is 161 cm³/mol. The number of nitrogens with two attached hydrogens (primary N) is 1. The molecule has 0 spiro atoms. The number of nitrogens with one attached hydrogen (secondary N) is 4. The summed E-state index contributed by atoms with van der Waals surface area (Å²) < 4.78 is 5.22. The molecule has 4 atom stereocenters. The lowest BCUT2D eigenvalue weighted by atomic mass is 10.1. The zero-order chi connectivity index (χ0) is 30.2. The van der Waals surface area contributed by atoms with Crippen molar-refractivity contribution in [3.8, 4) is 0 Å². The number of amides is 5. The van der Waals surface area contributed by atoms with Crippen LogP contribution in [0.15, 0.2) is 0 Å². The van der Waals surface area contributed by atoms with E-state index in [2.05, 4.69) is 59.2 Å². The highest BCUT2D eigenvalue weighted by Crippen LogP contribution is 2.12. The number of hydrogen-bond acceptors (Lipinski definition) is 10. The molecule has 0 heterocycles. The van der Waals surface area contributed by atoms with Crippen molar-refractivity contribution in [3.63, 3.8) is 0 Å². The van der Waals surface area contributed by atoms with Crippen LogP contribution in [-0.2, 0) is 23.9 Å². The van der Waals surface area contributed by atoms with E-state index in [0.29, 0.717) is 30.9 Å². The largest absolute Gasteiger partial charge is 0.444 e. The normalized spacial score (nSPS) is 14.5. The third-order valence-corrected chi connectivity index (χ3v) is 6.67. The minimum absolute atomic E-state index is 0.00492. The van der Waals surface area contributed by atoms with Crippen LogP contribution in [0.5, 0.6) is 0 Å². The number of hydrogen-bond donors (Lipinski definition) is 8. The van der Waals surface area contributed by atoms with Gasteiger partial charge < -0.3 is 31.7 Å². The molecule has 0 fully saturated rings. The van der Waals surface area contributed by atoms with Crippen LogP contribution in [0.3, 0.4) is 0 Å². The van der Waals surface area contributed by atoms with Gasteiger partial charge in [0.2, 0.25) is 23.6 Å². The van der Waals surface area contributed by atoms with Crippen LogP contribution in [0, 0.1) is 0 Å². The molecule has 0 bridgehead atoms. The van der Waals surface area contributed by atoms with Gasteiger partial charge in [-0.25, -0.2) is 4.79 Å². The Labute approximate surface area is 248 Å². The zero-order valence-corrected chi connectivity index (χ0v) is 26.2. The molecule has 0 aromatic carbocycles. The summed E-state index contributed by atoms with van der Waals surface area (Å²) in [6, 6.07) is -2.35. The Kier molecular flexibility index (Phi) is 18.4. The minimum atomic E-state index is -1.00. The van der Waals surface area contributed by atoms with Crippen molar-refractivity contribution in [1.82, 2.24) is 26.2 Å². The van der Waals surface area contributed by atoms with Crippen LogP contribution in [0.4, 0.5) is 4.79 Å². The van der Waals surface area contributed by atoms with Gasteiger partial charge in [-0.15, -0.1) is 0 Å². The molecule has 0 aliphatic heterocycles. The molecule has 0 saturated heterocycles. The van der Waals surface area contributed by atoms with Crippen molar-refractivity contribution in [2.75, 3.05) is 36.9 Å². The second-order valence-electron chi connectivity index (χ2n) is 10.3. The number of nitrogens with zero attached hydrogens (tertiary/aromatic N) is 1. The average Bonchev–Trinajstić information content (AvgIpc) is 2.82.